The molecule has 3 aromatic rings. The highest BCUT2D eigenvalue weighted by Crippen LogP contribution is 2.34. The molecule has 3 aromatic heterocycles. The Balaban J connectivity index is 1.90. The minimum absolute atomic E-state index is 0.0270. The lowest BCUT2D eigenvalue weighted by Gasteiger charge is -2.15. The van der Waals surface area contributed by atoms with Gasteiger partial charge in [0.1, 0.15) is 5.65 Å². The van der Waals surface area contributed by atoms with Crippen molar-refractivity contribution in [3.05, 3.63) is 52.7 Å². The molecule has 1 atom stereocenters. The second-order valence-corrected chi connectivity index (χ2v) is 6.82. The van der Waals surface area contributed by atoms with E-state index < -0.39 is 0 Å². The van der Waals surface area contributed by atoms with Crippen molar-refractivity contribution in [1.29, 1.82) is 0 Å². The first-order chi connectivity index (χ1) is 12.1. The van der Waals surface area contributed by atoms with Crippen LogP contribution in [0.15, 0.2) is 24.5 Å². The molecule has 0 spiro atoms. The van der Waals surface area contributed by atoms with Gasteiger partial charge < -0.3 is 9.72 Å². The number of nitrogens with zero attached hydrogens (tertiary/aromatic N) is 4. The van der Waals surface area contributed by atoms with Crippen LogP contribution in [0.2, 0.25) is 0 Å². The van der Waals surface area contributed by atoms with Crippen molar-refractivity contribution >= 4 is 11.6 Å². The molecule has 0 radical (unpaired) electrons. The average Bonchev–Trinajstić information content (AvgIpc) is 3.07. The zero-order valence-corrected chi connectivity index (χ0v) is 14.9. The molecular formula is C19H23N5O. The first kappa shape index (κ1) is 15.9. The number of amides is 1. The largest absolute Gasteiger partial charge is 0.350 e. The van der Waals surface area contributed by atoms with Gasteiger partial charge in [-0.2, -0.15) is 5.10 Å². The summed E-state index contributed by atoms with van der Waals surface area (Å²) >= 11 is 0. The molecule has 0 unspecified atom stereocenters. The van der Waals surface area contributed by atoms with Crippen LogP contribution in [0, 0.1) is 13.8 Å². The normalized spacial score (nSPS) is 17.4. The molecule has 4 rings (SSSR count). The van der Waals surface area contributed by atoms with Crippen LogP contribution in [0.4, 0.5) is 0 Å². The fourth-order valence-corrected chi connectivity index (χ4v) is 3.75. The lowest BCUT2D eigenvalue weighted by atomic mass is 9.92. The number of carbonyl (C=O) groups is 1. The Hall–Kier alpha value is -2.63. The SMILES string of the molecule is CCCn1ncc([C@H]2CC(=O)NCc3nc4cc(C)ccn4c32)c1C. The molecule has 0 saturated heterocycles. The summed E-state index contributed by atoms with van der Waals surface area (Å²) in [5, 5.41) is 7.53. The molecule has 25 heavy (non-hydrogen) atoms. The van der Waals surface area contributed by atoms with Crippen LogP contribution in [0.25, 0.3) is 5.65 Å². The highest BCUT2D eigenvalue weighted by Gasteiger charge is 2.31. The summed E-state index contributed by atoms with van der Waals surface area (Å²) in [5.41, 5.74) is 6.42. The molecule has 1 N–H and O–H groups in total. The molecule has 0 saturated carbocycles. The summed E-state index contributed by atoms with van der Waals surface area (Å²) in [6, 6.07) is 4.17. The highest BCUT2D eigenvalue weighted by molar-refractivity contribution is 5.78. The number of aryl methyl sites for hydroxylation is 2. The van der Waals surface area contributed by atoms with E-state index in [9.17, 15) is 4.79 Å². The fraction of sp³-hybridized carbons (Fsp3) is 0.421. The second kappa shape index (κ2) is 6.02. The number of nitrogens with one attached hydrogen (secondary N) is 1. The molecule has 6 heteroatoms. The molecule has 130 valence electrons. The van der Waals surface area contributed by atoms with E-state index >= 15 is 0 Å². The minimum Gasteiger partial charge on any atom is -0.350 e. The monoisotopic (exact) mass is 337 g/mol. The zero-order valence-electron chi connectivity index (χ0n) is 14.9. The number of fused-ring (bicyclic) bond motifs is 3. The number of rotatable bonds is 3. The van der Waals surface area contributed by atoms with Crippen LogP contribution in [-0.4, -0.2) is 25.1 Å². The van der Waals surface area contributed by atoms with Crippen LogP contribution in [0.1, 0.15) is 53.9 Å². The van der Waals surface area contributed by atoms with Crippen LogP contribution < -0.4 is 5.32 Å². The number of imidazole rings is 1. The van der Waals surface area contributed by atoms with E-state index in [0.29, 0.717) is 13.0 Å². The summed E-state index contributed by atoms with van der Waals surface area (Å²) in [4.78, 5) is 17.1. The molecule has 0 fully saturated rings. The lowest BCUT2D eigenvalue weighted by Crippen LogP contribution is -2.21. The Kier molecular flexibility index (Phi) is 3.82. The molecule has 6 nitrogen and oxygen atoms in total. The van der Waals surface area contributed by atoms with Crippen molar-refractivity contribution in [2.24, 2.45) is 0 Å². The molecule has 1 aliphatic heterocycles. The first-order valence-corrected chi connectivity index (χ1v) is 8.85. The molecule has 0 bridgehead atoms. The van der Waals surface area contributed by atoms with Gasteiger partial charge in [0, 0.05) is 36.3 Å². The smallest absolute Gasteiger partial charge is 0.221 e. The van der Waals surface area contributed by atoms with Crippen LogP contribution in [0.3, 0.4) is 0 Å². The van der Waals surface area contributed by atoms with Crippen molar-refractivity contribution in [1.82, 2.24) is 24.5 Å². The molecule has 4 heterocycles. The molecule has 0 aromatic carbocycles. The maximum Gasteiger partial charge on any atom is 0.221 e. The number of hydrogen-bond donors (Lipinski definition) is 1. The molecule has 0 aliphatic carbocycles. The van der Waals surface area contributed by atoms with Gasteiger partial charge in [-0.05, 0) is 38.0 Å². The predicted molar refractivity (Wildman–Crippen MR) is 95.5 cm³/mol. The Morgan fingerprint density at radius 1 is 1.36 bits per heavy atom. The zero-order chi connectivity index (χ0) is 17.6. The van der Waals surface area contributed by atoms with Gasteiger partial charge in [0.15, 0.2) is 0 Å². The number of aromatic nitrogens is 4. The second-order valence-electron chi connectivity index (χ2n) is 6.82. The first-order valence-electron chi connectivity index (χ1n) is 8.85. The maximum atomic E-state index is 12.3. The van der Waals surface area contributed by atoms with Gasteiger partial charge in [0.25, 0.3) is 0 Å². The summed E-state index contributed by atoms with van der Waals surface area (Å²) < 4.78 is 4.16. The average molecular weight is 337 g/mol. The third-order valence-corrected chi connectivity index (χ3v) is 5.02. The number of pyridine rings is 1. The summed E-state index contributed by atoms with van der Waals surface area (Å²) in [6.07, 6.45) is 5.44. The summed E-state index contributed by atoms with van der Waals surface area (Å²) in [6.45, 7) is 7.67. The van der Waals surface area contributed by atoms with E-state index in [2.05, 4.69) is 53.9 Å². The van der Waals surface area contributed by atoms with Gasteiger partial charge in [-0.15, -0.1) is 0 Å². The molecular weight excluding hydrogens is 314 g/mol. The fourth-order valence-electron chi connectivity index (χ4n) is 3.75. The van der Waals surface area contributed by atoms with Gasteiger partial charge in [0.05, 0.1) is 24.1 Å². The van der Waals surface area contributed by atoms with Crippen molar-refractivity contribution in [2.45, 2.75) is 52.6 Å². The van der Waals surface area contributed by atoms with Crippen molar-refractivity contribution in [2.75, 3.05) is 0 Å². The van der Waals surface area contributed by atoms with E-state index in [1.54, 1.807) is 0 Å². The Morgan fingerprint density at radius 2 is 2.20 bits per heavy atom. The van der Waals surface area contributed by atoms with Crippen molar-refractivity contribution in [3.63, 3.8) is 0 Å². The summed E-state index contributed by atoms with van der Waals surface area (Å²) in [5.74, 6) is 0.0346. The van der Waals surface area contributed by atoms with Crippen LogP contribution in [0.5, 0.6) is 0 Å². The maximum absolute atomic E-state index is 12.3. The Morgan fingerprint density at radius 3 is 3.00 bits per heavy atom. The van der Waals surface area contributed by atoms with Crippen molar-refractivity contribution < 1.29 is 4.79 Å². The standard InChI is InChI=1S/C19H23N5O/c1-4-6-24-13(3)15(10-21-24)14-9-18(25)20-11-16-19(14)23-7-5-12(2)8-17(23)22-16/h5,7-8,10,14H,4,6,9,11H2,1-3H3,(H,20,25)/t14-/m1/s1. The van der Waals surface area contributed by atoms with E-state index in [-0.39, 0.29) is 11.8 Å². The van der Waals surface area contributed by atoms with Crippen LogP contribution >= 0.6 is 0 Å². The third kappa shape index (κ3) is 2.62. The predicted octanol–water partition coefficient (Wildman–Crippen LogP) is 2.71. The number of carbonyl (C=O) groups excluding carboxylic acids is 1. The lowest BCUT2D eigenvalue weighted by molar-refractivity contribution is -0.121. The van der Waals surface area contributed by atoms with E-state index in [4.69, 9.17) is 4.98 Å². The topological polar surface area (TPSA) is 64.2 Å². The van der Waals surface area contributed by atoms with E-state index in [1.165, 1.54) is 5.56 Å². The number of hydrogen-bond acceptors (Lipinski definition) is 3. The van der Waals surface area contributed by atoms with Gasteiger partial charge in [-0.1, -0.05) is 6.92 Å². The third-order valence-electron chi connectivity index (χ3n) is 5.02. The Bertz CT molecular complexity index is 952. The molecule has 1 aliphatic rings. The van der Waals surface area contributed by atoms with Crippen molar-refractivity contribution in [3.8, 4) is 0 Å². The van der Waals surface area contributed by atoms with Crippen LogP contribution in [-0.2, 0) is 17.9 Å². The van der Waals surface area contributed by atoms with Gasteiger partial charge in [-0.3, -0.25) is 9.48 Å². The van der Waals surface area contributed by atoms with Gasteiger partial charge >= 0.3 is 0 Å². The van der Waals surface area contributed by atoms with Gasteiger partial charge in [0.2, 0.25) is 5.91 Å². The van der Waals surface area contributed by atoms with E-state index in [1.807, 2.05) is 10.9 Å². The highest BCUT2D eigenvalue weighted by atomic mass is 16.1. The minimum atomic E-state index is -0.0270. The summed E-state index contributed by atoms with van der Waals surface area (Å²) in [7, 11) is 0. The van der Waals surface area contributed by atoms with E-state index in [0.717, 1.165) is 41.3 Å². The van der Waals surface area contributed by atoms with Gasteiger partial charge in [-0.25, -0.2) is 4.98 Å². The Labute approximate surface area is 146 Å². The molecule has 1 amide bonds. The quantitative estimate of drug-likeness (QED) is 0.799.